The number of nitrogens with zero attached hydrogens (tertiary/aromatic N) is 1. The van der Waals surface area contributed by atoms with Crippen molar-refractivity contribution in [3.63, 3.8) is 0 Å². The van der Waals surface area contributed by atoms with Crippen molar-refractivity contribution < 1.29 is 24.2 Å². The van der Waals surface area contributed by atoms with E-state index < -0.39 is 23.7 Å². The summed E-state index contributed by atoms with van der Waals surface area (Å²) in [4.78, 5) is 38.5. The molecule has 1 aliphatic rings. The lowest BCUT2D eigenvalue weighted by atomic mass is 9.94. The molecule has 1 saturated heterocycles. The summed E-state index contributed by atoms with van der Waals surface area (Å²) >= 11 is 0. The number of likely N-dealkylation sites (tertiary alicyclic amines) is 1. The van der Waals surface area contributed by atoms with Gasteiger partial charge in [0.2, 0.25) is 0 Å². The summed E-state index contributed by atoms with van der Waals surface area (Å²) in [5, 5.41) is 11.1. The maximum Gasteiger partial charge on any atom is 0.308 e. The van der Waals surface area contributed by atoms with Crippen molar-refractivity contribution in [3.8, 4) is 5.75 Å². The van der Waals surface area contributed by atoms with E-state index in [2.05, 4.69) is 0 Å². The number of carbonyl (C=O) groups is 3. The van der Waals surface area contributed by atoms with Crippen molar-refractivity contribution >= 4 is 23.4 Å². The van der Waals surface area contributed by atoms with E-state index in [9.17, 15) is 19.5 Å². The number of aliphatic hydroxyl groups excluding tert-OH is 1. The molecular weight excluding hydrogens is 382 g/mol. The first-order valence-electron chi connectivity index (χ1n) is 9.89. The van der Waals surface area contributed by atoms with Crippen LogP contribution in [0.3, 0.4) is 0 Å². The number of hydrogen-bond donors (Lipinski definition) is 1. The molecule has 30 heavy (non-hydrogen) atoms. The number of carbonyl (C=O) groups excluding carboxylic acids is 3. The van der Waals surface area contributed by atoms with Crippen LogP contribution in [0, 0.1) is 13.8 Å². The predicted octanol–water partition coefficient (Wildman–Crippen LogP) is 4.06. The highest BCUT2D eigenvalue weighted by Gasteiger charge is 2.45. The van der Waals surface area contributed by atoms with Crippen molar-refractivity contribution in [1.82, 2.24) is 4.90 Å². The fraction of sp³-hybridized carbons (Fsp3) is 0.292. The SMILES string of the molecule is CCCN1C(=O)C(=O)/C(=C(\O)c2ccc(C)c(C)c2)C1c1cccc(OC(C)=O)c1. The molecule has 2 aromatic carbocycles. The zero-order valence-electron chi connectivity index (χ0n) is 17.6. The minimum atomic E-state index is -0.762. The van der Waals surface area contributed by atoms with E-state index in [0.717, 1.165) is 11.1 Å². The highest BCUT2D eigenvalue weighted by Crippen LogP contribution is 2.40. The third-order valence-corrected chi connectivity index (χ3v) is 5.22. The summed E-state index contributed by atoms with van der Waals surface area (Å²) < 4.78 is 5.17. The van der Waals surface area contributed by atoms with Gasteiger partial charge in [-0.1, -0.05) is 31.2 Å². The molecule has 0 aliphatic carbocycles. The smallest absolute Gasteiger partial charge is 0.308 e. The molecule has 0 radical (unpaired) electrons. The maximum atomic E-state index is 12.9. The first kappa shape index (κ1) is 21.3. The summed E-state index contributed by atoms with van der Waals surface area (Å²) in [6.07, 6.45) is 0.650. The molecule has 1 amide bonds. The normalized spacial score (nSPS) is 18.0. The lowest BCUT2D eigenvalue weighted by Crippen LogP contribution is -2.30. The molecule has 1 heterocycles. The van der Waals surface area contributed by atoms with Crippen molar-refractivity contribution in [1.29, 1.82) is 0 Å². The molecule has 1 unspecified atom stereocenters. The van der Waals surface area contributed by atoms with E-state index in [1.165, 1.54) is 11.8 Å². The Kier molecular flexibility index (Phi) is 6.06. The van der Waals surface area contributed by atoms with Crippen LogP contribution in [-0.4, -0.2) is 34.2 Å². The van der Waals surface area contributed by atoms with E-state index in [0.29, 0.717) is 29.8 Å². The first-order chi connectivity index (χ1) is 14.2. The lowest BCUT2D eigenvalue weighted by Gasteiger charge is -2.25. The standard InChI is InChI=1S/C24H25NO5/c1-5-11-25-21(17-7-6-8-19(13-17)30-16(4)26)20(23(28)24(25)29)22(27)18-10-9-14(2)15(3)12-18/h6-10,12-13,21,27H,5,11H2,1-4H3/b22-20-. The Balaban J connectivity index is 2.18. The zero-order chi connectivity index (χ0) is 22.0. The molecule has 0 aromatic heterocycles. The summed E-state index contributed by atoms with van der Waals surface area (Å²) in [6, 6.07) is 11.3. The minimum Gasteiger partial charge on any atom is -0.507 e. The van der Waals surface area contributed by atoms with Crippen LogP contribution in [-0.2, 0) is 14.4 Å². The second-order valence-corrected chi connectivity index (χ2v) is 7.46. The van der Waals surface area contributed by atoms with Crippen molar-refractivity contribution in [2.75, 3.05) is 6.54 Å². The quantitative estimate of drug-likeness (QED) is 0.266. The van der Waals surface area contributed by atoms with Crippen LogP contribution >= 0.6 is 0 Å². The number of aryl methyl sites for hydroxylation is 2. The highest BCUT2D eigenvalue weighted by molar-refractivity contribution is 6.46. The van der Waals surface area contributed by atoms with Gasteiger partial charge in [0.25, 0.3) is 11.7 Å². The largest absolute Gasteiger partial charge is 0.507 e. The molecule has 0 spiro atoms. The van der Waals surface area contributed by atoms with Gasteiger partial charge in [-0.3, -0.25) is 14.4 Å². The molecule has 1 aliphatic heterocycles. The van der Waals surface area contributed by atoms with E-state index in [-0.39, 0.29) is 11.3 Å². The number of hydrogen-bond acceptors (Lipinski definition) is 5. The Hall–Kier alpha value is -3.41. The van der Waals surface area contributed by atoms with Crippen molar-refractivity contribution in [3.05, 3.63) is 70.3 Å². The van der Waals surface area contributed by atoms with Crippen LogP contribution in [0.5, 0.6) is 5.75 Å². The van der Waals surface area contributed by atoms with Crippen molar-refractivity contribution in [2.45, 2.75) is 40.2 Å². The number of esters is 1. The molecule has 1 N–H and O–H groups in total. The van der Waals surface area contributed by atoms with Gasteiger partial charge in [0.15, 0.2) is 0 Å². The van der Waals surface area contributed by atoms with E-state index in [1.807, 2.05) is 26.8 Å². The van der Waals surface area contributed by atoms with Gasteiger partial charge in [-0.15, -0.1) is 0 Å². The predicted molar refractivity (Wildman–Crippen MR) is 113 cm³/mol. The maximum absolute atomic E-state index is 12.9. The Morgan fingerprint density at radius 1 is 1.10 bits per heavy atom. The third-order valence-electron chi connectivity index (χ3n) is 5.22. The molecular formula is C24H25NO5. The fourth-order valence-corrected chi connectivity index (χ4v) is 3.66. The first-order valence-corrected chi connectivity index (χ1v) is 9.89. The minimum absolute atomic E-state index is 0.0386. The van der Waals surface area contributed by atoms with Crippen LogP contribution in [0.15, 0.2) is 48.0 Å². The number of Topliss-reactive ketones (excluding diaryl/α,β-unsaturated/α-hetero) is 1. The van der Waals surface area contributed by atoms with E-state index in [4.69, 9.17) is 4.74 Å². The van der Waals surface area contributed by atoms with Gasteiger partial charge >= 0.3 is 5.97 Å². The van der Waals surface area contributed by atoms with Gasteiger partial charge in [0.1, 0.15) is 11.5 Å². The number of ether oxygens (including phenoxy) is 1. The van der Waals surface area contributed by atoms with Crippen molar-refractivity contribution in [2.24, 2.45) is 0 Å². The Labute approximate surface area is 175 Å². The summed E-state index contributed by atoms with van der Waals surface area (Å²) in [7, 11) is 0. The topological polar surface area (TPSA) is 83.9 Å². The number of benzene rings is 2. The average molecular weight is 407 g/mol. The fourth-order valence-electron chi connectivity index (χ4n) is 3.66. The Morgan fingerprint density at radius 2 is 1.83 bits per heavy atom. The number of ketones is 1. The average Bonchev–Trinajstić information content (AvgIpc) is 2.94. The Morgan fingerprint density at radius 3 is 2.47 bits per heavy atom. The molecule has 0 bridgehead atoms. The van der Waals surface area contributed by atoms with E-state index >= 15 is 0 Å². The number of aliphatic hydroxyl groups is 1. The summed E-state index contributed by atoms with van der Waals surface area (Å²) in [5.41, 5.74) is 3.14. The zero-order valence-corrected chi connectivity index (χ0v) is 17.6. The van der Waals surface area contributed by atoms with Crippen LogP contribution in [0.2, 0.25) is 0 Å². The van der Waals surface area contributed by atoms with Crippen LogP contribution in [0.1, 0.15) is 48.6 Å². The number of amides is 1. The van der Waals surface area contributed by atoms with Gasteiger partial charge in [-0.2, -0.15) is 0 Å². The van der Waals surface area contributed by atoms with Gasteiger partial charge in [-0.05, 0) is 55.2 Å². The molecule has 2 aromatic rings. The molecule has 3 rings (SSSR count). The Bertz CT molecular complexity index is 1050. The third kappa shape index (κ3) is 3.99. The van der Waals surface area contributed by atoms with Crippen LogP contribution in [0.4, 0.5) is 0 Å². The molecule has 1 atom stereocenters. The van der Waals surface area contributed by atoms with E-state index in [1.54, 1.807) is 36.4 Å². The molecule has 0 saturated carbocycles. The lowest BCUT2D eigenvalue weighted by molar-refractivity contribution is -0.139. The summed E-state index contributed by atoms with van der Waals surface area (Å²) in [6.45, 7) is 7.45. The summed E-state index contributed by atoms with van der Waals surface area (Å²) in [5.74, 6) is -1.73. The van der Waals surface area contributed by atoms with Gasteiger partial charge in [-0.25, -0.2) is 0 Å². The molecule has 6 nitrogen and oxygen atoms in total. The van der Waals surface area contributed by atoms with Crippen LogP contribution in [0.25, 0.3) is 5.76 Å². The molecule has 1 fully saturated rings. The second-order valence-electron chi connectivity index (χ2n) is 7.46. The van der Waals surface area contributed by atoms with Gasteiger partial charge in [0.05, 0.1) is 11.6 Å². The monoisotopic (exact) mass is 407 g/mol. The second kappa shape index (κ2) is 8.53. The highest BCUT2D eigenvalue weighted by atomic mass is 16.5. The number of rotatable bonds is 5. The van der Waals surface area contributed by atoms with Crippen LogP contribution < -0.4 is 4.74 Å². The molecule has 156 valence electrons. The van der Waals surface area contributed by atoms with Gasteiger partial charge in [0, 0.05) is 19.0 Å². The van der Waals surface area contributed by atoms with Gasteiger partial charge < -0.3 is 14.7 Å². The molecule has 6 heteroatoms.